The van der Waals surface area contributed by atoms with Crippen LogP contribution in [0.5, 0.6) is 0 Å². The Morgan fingerprint density at radius 2 is 1.80 bits per heavy atom. The van der Waals surface area contributed by atoms with Crippen molar-refractivity contribution in [3.8, 4) is 0 Å². The predicted molar refractivity (Wildman–Crippen MR) is 80.4 cm³/mol. The van der Waals surface area contributed by atoms with E-state index in [0.29, 0.717) is 17.4 Å². The molecule has 20 heavy (non-hydrogen) atoms. The van der Waals surface area contributed by atoms with Gasteiger partial charge >= 0.3 is 5.97 Å². The van der Waals surface area contributed by atoms with Crippen LogP contribution in [-0.2, 0) is 0 Å². The number of nitrogens with one attached hydrogen (secondary N) is 1. The zero-order valence-corrected chi connectivity index (χ0v) is 12.4. The number of pyridine rings is 1. The Balaban J connectivity index is 2.20. The van der Waals surface area contributed by atoms with Crippen molar-refractivity contribution >= 4 is 11.8 Å². The van der Waals surface area contributed by atoms with Gasteiger partial charge < -0.3 is 10.4 Å². The first-order valence-electron chi connectivity index (χ1n) is 7.56. The van der Waals surface area contributed by atoms with Crippen LogP contribution >= 0.6 is 0 Å². The van der Waals surface area contributed by atoms with Crippen LogP contribution in [0.1, 0.15) is 66.6 Å². The van der Waals surface area contributed by atoms with E-state index in [0.717, 1.165) is 24.1 Å². The normalized spacial score (nSPS) is 17.3. The minimum Gasteiger partial charge on any atom is -0.478 e. The molecule has 2 rings (SSSR count). The highest BCUT2D eigenvalue weighted by atomic mass is 16.4. The number of rotatable bonds is 3. The second-order valence-electron chi connectivity index (χ2n) is 5.80. The van der Waals surface area contributed by atoms with E-state index >= 15 is 0 Å². The maximum Gasteiger partial charge on any atom is 0.339 e. The molecule has 4 heteroatoms. The quantitative estimate of drug-likeness (QED) is 0.878. The third kappa shape index (κ3) is 3.71. The summed E-state index contributed by atoms with van der Waals surface area (Å²) in [4.78, 5) is 15.8. The Labute approximate surface area is 120 Å². The number of aromatic nitrogens is 1. The molecule has 1 aliphatic carbocycles. The van der Waals surface area contributed by atoms with E-state index in [1.54, 1.807) is 0 Å². The molecule has 1 saturated carbocycles. The summed E-state index contributed by atoms with van der Waals surface area (Å²) in [6.07, 6.45) is 8.53. The van der Waals surface area contributed by atoms with E-state index in [2.05, 4.69) is 10.3 Å². The molecular weight excluding hydrogens is 252 g/mol. The fourth-order valence-electron chi connectivity index (χ4n) is 3.01. The van der Waals surface area contributed by atoms with Crippen LogP contribution in [0.15, 0.2) is 6.07 Å². The first-order chi connectivity index (χ1) is 9.58. The molecule has 1 aliphatic rings. The summed E-state index contributed by atoms with van der Waals surface area (Å²) >= 11 is 0. The SMILES string of the molecule is Cc1cc(C)c(C(=O)O)c(NC2CCCCCCC2)n1. The lowest BCUT2D eigenvalue weighted by Crippen LogP contribution is -2.23. The summed E-state index contributed by atoms with van der Waals surface area (Å²) in [5.41, 5.74) is 1.96. The molecule has 0 atom stereocenters. The van der Waals surface area contributed by atoms with E-state index in [4.69, 9.17) is 0 Å². The predicted octanol–water partition coefficient (Wildman–Crippen LogP) is 3.92. The van der Waals surface area contributed by atoms with Crippen LogP contribution in [0.25, 0.3) is 0 Å². The Bertz CT molecular complexity index is 478. The summed E-state index contributed by atoms with van der Waals surface area (Å²) in [6, 6.07) is 2.18. The van der Waals surface area contributed by atoms with E-state index in [1.165, 1.54) is 32.1 Å². The number of hydrogen-bond donors (Lipinski definition) is 2. The molecule has 0 spiro atoms. The fraction of sp³-hybridized carbons (Fsp3) is 0.625. The summed E-state index contributed by atoms with van der Waals surface area (Å²) < 4.78 is 0. The highest BCUT2D eigenvalue weighted by Gasteiger charge is 2.19. The minimum absolute atomic E-state index is 0.317. The molecule has 1 aromatic heterocycles. The van der Waals surface area contributed by atoms with Gasteiger partial charge in [0.15, 0.2) is 0 Å². The van der Waals surface area contributed by atoms with Gasteiger partial charge in [0.25, 0.3) is 0 Å². The van der Waals surface area contributed by atoms with E-state index in [9.17, 15) is 9.90 Å². The van der Waals surface area contributed by atoms with Crippen LogP contribution < -0.4 is 5.32 Å². The summed E-state index contributed by atoms with van der Waals surface area (Å²) in [6.45, 7) is 3.74. The van der Waals surface area contributed by atoms with Crippen molar-refractivity contribution in [2.45, 2.75) is 64.8 Å². The van der Waals surface area contributed by atoms with Crippen LogP contribution in [0.4, 0.5) is 5.82 Å². The largest absolute Gasteiger partial charge is 0.478 e. The third-order valence-electron chi connectivity index (χ3n) is 4.00. The van der Waals surface area contributed by atoms with Gasteiger partial charge in [-0.3, -0.25) is 0 Å². The molecule has 4 nitrogen and oxygen atoms in total. The molecule has 0 aliphatic heterocycles. The van der Waals surface area contributed by atoms with Crippen LogP contribution in [0, 0.1) is 13.8 Å². The Morgan fingerprint density at radius 3 is 2.40 bits per heavy atom. The molecule has 1 aromatic rings. The average molecular weight is 276 g/mol. The van der Waals surface area contributed by atoms with Crippen molar-refractivity contribution in [2.75, 3.05) is 5.32 Å². The molecule has 1 fully saturated rings. The number of hydrogen-bond acceptors (Lipinski definition) is 3. The van der Waals surface area contributed by atoms with Gasteiger partial charge in [0.05, 0.1) is 0 Å². The van der Waals surface area contributed by atoms with Gasteiger partial charge in [-0.2, -0.15) is 0 Å². The van der Waals surface area contributed by atoms with Crippen molar-refractivity contribution in [3.63, 3.8) is 0 Å². The first-order valence-corrected chi connectivity index (χ1v) is 7.56. The van der Waals surface area contributed by atoms with Crippen molar-refractivity contribution in [3.05, 3.63) is 22.9 Å². The summed E-state index contributed by atoms with van der Waals surface area (Å²) in [5, 5.41) is 12.8. The van der Waals surface area contributed by atoms with Crippen LogP contribution in [0.2, 0.25) is 0 Å². The number of aromatic carboxylic acids is 1. The number of carbonyl (C=O) groups is 1. The zero-order chi connectivity index (χ0) is 14.5. The molecule has 0 saturated heterocycles. The van der Waals surface area contributed by atoms with Gasteiger partial charge in [-0.05, 0) is 38.3 Å². The molecule has 0 amide bonds. The Kier molecular flexibility index (Phi) is 4.99. The average Bonchev–Trinajstić information content (AvgIpc) is 2.30. The van der Waals surface area contributed by atoms with Crippen molar-refractivity contribution in [1.29, 1.82) is 0 Å². The van der Waals surface area contributed by atoms with Gasteiger partial charge in [-0.25, -0.2) is 9.78 Å². The van der Waals surface area contributed by atoms with Crippen LogP contribution in [-0.4, -0.2) is 22.1 Å². The first kappa shape index (κ1) is 14.8. The number of anilines is 1. The Morgan fingerprint density at radius 1 is 1.20 bits per heavy atom. The molecule has 0 aromatic carbocycles. The summed E-state index contributed by atoms with van der Waals surface area (Å²) in [5.74, 6) is -0.357. The van der Waals surface area contributed by atoms with Crippen LogP contribution in [0.3, 0.4) is 0 Å². The molecular formula is C16H24N2O2. The van der Waals surface area contributed by atoms with Crippen molar-refractivity contribution in [2.24, 2.45) is 0 Å². The minimum atomic E-state index is -0.900. The maximum atomic E-state index is 11.4. The van der Waals surface area contributed by atoms with Gasteiger partial charge in [-0.15, -0.1) is 0 Å². The lowest BCUT2D eigenvalue weighted by molar-refractivity contribution is 0.0696. The second kappa shape index (κ2) is 6.73. The smallest absolute Gasteiger partial charge is 0.339 e. The highest BCUT2D eigenvalue weighted by molar-refractivity contribution is 5.94. The molecule has 0 bridgehead atoms. The Hall–Kier alpha value is -1.58. The van der Waals surface area contributed by atoms with Gasteiger partial charge in [-0.1, -0.05) is 32.1 Å². The lowest BCUT2D eigenvalue weighted by atomic mass is 9.96. The number of aryl methyl sites for hydroxylation is 2. The number of carboxylic acids is 1. The molecule has 110 valence electrons. The van der Waals surface area contributed by atoms with Gasteiger partial charge in [0.1, 0.15) is 11.4 Å². The highest BCUT2D eigenvalue weighted by Crippen LogP contribution is 2.24. The van der Waals surface area contributed by atoms with E-state index in [1.807, 2.05) is 19.9 Å². The number of carboxylic acid groups (broad SMARTS) is 1. The topological polar surface area (TPSA) is 62.2 Å². The maximum absolute atomic E-state index is 11.4. The van der Waals surface area contributed by atoms with Gasteiger partial charge in [0.2, 0.25) is 0 Å². The van der Waals surface area contributed by atoms with Crippen molar-refractivity contribution < 1.29 is 9.90 Å². The fourth-order valence-corrected chi connectivity index (χ4v) is 3.01. The lowest BCUT2D eigenvalue weighted by Gasteiger charge is -2.23. The molecule has 0 unspecified atom stereocenters. The molecule has 1 heterocycles. The summed E-state index contributed by atoms with van der Waals surface area (Å²) in [7, 11) is 0. The van der Waals surface area contributed by atoms with Gasteiger partial charge in [0, 0.05) is 11.7 Å². The molecule has 0 radical (unpaired) electrons. The standard InChI is InChI=1S/C16H24N2O2/c1-11-10-12(2)17-15(14(11)16(19)20)18-13-8-6-4-3-5-7-9-13/h10,13H,3-9H2,1-2H3,(H,17,18)(H,19,20). The number of nitrogens with zero attached hydrogens (tertiary/aromatic N) is 1. The second-order valence-corrected chi connectivity index (χ2v) is 5.80. The monoisotopic (exact) mass is 276 g/mol. The van der Waals surface area contributed by atoms with E-state index < -0.39 is 5.97 Å². The van der Waals surface area contributed by atoms with Crippen molar-refractivity contribution in [1.82, 2.24) is 4.98 Å². The third-order valence-corrected chi connectivity index (χ3v) is 4.00. The van der Waals surface area contributed by atoms with E-state index in [-0.39, 0.29) is 0 Å². The zero-order valence-electron chi connectivity index (χ0n) is 12.4. The molecule has 2 N–H and O–H groups in total.